The summed E-state index contributed by atoms with van der Waals surface area (Å²) in [5.74, 6) is -3.98. The van der Waals surface area contributed by atoms with Gasteiger partial charge in [0.2, 0.25) is 11.8 Å². The minimum Gasteiger partial charge on any atom is -0.422 e. The summed E-state index contributed by atoms with van der Waals surface area (Å²) in [5, 5.41) is 0. The largest absolute Gasteiger partial charge is 0.422 e. The van der Waals surface area contributed by atoms with Crippen LogP contribution in [0.15, 0.2) is 36.4 Å². The standard InChI is InChI=1S/C20H19NO7/c1-10-6-4-5-7-13(10)21-17(24)15-14-8-9-20(28-14,16(15)18(21)25)19(26-11(2)22)27-12(3)23/h4-9,14-16,19H,1-3H3/t14-,15-,16-,20+/m1/s1. The van der Waals surface area contributed by atoms with Gasteiger partial charge >= 0.3 is 11.9 Å². The molecular formula is C20H19NO7. The monoisotopic (exact) mass is 385 g/mol. The molecule has 0 radical (unpaired) electrons. The second-order valence-corrected chi connectivity index (χ2v) is 7.15. The van der Waals surface area contributed by atoms with Crippen LogP contribution in [-0.4, -0.2) is 41.7 Å². The lowest BCUT2D eigenvalue weighted by Crippen LogP contribution is -2.52. The van der Waals surface area contributed by atoms with Crippen molar-refractivity contribution in [2.45, 2.75) is 38.8 Å². The Morgan fingerprint density at radius 1 is 1.11 bits per heavy atom. The van der Waals surface area contributed by atoms with Crippen LogP contribution in [0.1, 0.15) is 19.4 Å². The molecule has 0 unspecified atom stereocenters. The summed E-state index contributed by atoms with van der Waals surface area (Å²) in [5.41, 5.74) is -0.259. The first-order valence-corrected chi connectivity index (χ1v) is 8.91. The normalized spacial score (nSPS) is 30.1. The molecule has 4 rings (SSSR count). The van der Waals surface area contributed by atoms with Crippen molar-refractivity contribution >= 4 is 29.4 Å². The topological polar surface area (TPSA) is 99.2 Å². The molecule has 0 aromatic heterocycles. The van der Waals surface area contributed by atoms with Gasteiger partial charge in [0.1, 0.15) is 0 Å². The summed E-state index contributed by atoms with van der Waals surface area (Å²) < 4.78 is 16.3. The summed E-state index contributed by atoms with van der Waals surface area (Å²) in [6.07, 6.45) is 1.08. The number of carbonyl (C=O) groups is 4. The van der Waals surface area contributed by atoms with E-state index in [1.54, 1.807) is 24.3 Å². The molecule has 0 aliphatic carbocycles. The zero-order chi connectivity index (χ0) is 20.2. The third-order valence-electron chi connectivity index (χ3n) is 5.35. The second kappa shape index (κ2) is 6.27. The minimum atomic E-state index is -1.53. The van der Waals surface area contributed by atoms with E-state index in [0.717, 1.165) is 24.3 Å². The van der Waals surface area contributed by atoms with E-state index in [0.29, 0.717) is 5.69 Å². The molecule has 0 saturated carbocycles. The van der Waals surface area contributed by atoms with Gasteiger partial charge in [0.05, 0.1) is 23.6 Å². The highest BCUT2D eigenvalue weighted by molar-refractivity contribution is 6.23. The number of benzene rings is 1. The first-order chi connectivity index (χ1) is 13.3. The molecule has 8 heteroatoms. The Kier molecular flexibility index (Phi) is 4.11. The van der Waals surface area contributed by atoms with Gasteiger partial charge in [0, 0.05) is 13.8 Å². The lowest BCUT2D eigenvalue weighted by Gasteiger charge is -2.34. The molecule has 0 N–H and O–H groups in total. The molecule has 4 atom stereocenters. The van der Waals surface area contributed by atoms with Crippen LogP contribution in [0.5, 0.6) is 0 Å². The summed E-state index contributed by atoms with van der Waals surface area (Å²) in [7, 11) is 0. The van der Waals surface area contributed by atoms with Gasteiger partial charge in [0.25, 0.3) is 6.29 Å². The second-order valence-electron chi connectivity index (χ2n) is 7.15. The third-order valence-corrected chi connectivity index (χ3v) is 5.35. The summed E-state index contributed by atoms with van der Waals surface area (Å²) in [6.45, 7) is 4.14. The van der Waals surface area contributed by atoms with Crippen LogP contribution < -0.4 is 4.90 Å². The van der Waals surface area contributed by atoms with Crippen LogP contribution in [0.2, 0.25) is 0 Å². The van der Waals surface area contributed by atoms with Crippen molar-refractivity contribution in [3.63, 3.8) is 0 Å². The predicted octanol–water partition coefficient (Wildman–Crippen LogP) is 1.26. The lowest BCUT2D eigenvalue weighted by molar-refractivity contribution is -0.226. The van der Waals surface area contributed by atoms with Crippen molar-refractivity contribution in [3.8, 4) is 0 Å². The van der Waals surface area contributed by atoms with Gasteiger partial charge in [-0.1, -0.05) is 24.3 Å². The van der Waals surface area contributed by atoms with Gasteiger partial charge in [0.15, 0.2) is 5.60 Å². The van der Waals surface area contributed by atoms with Crippen LogP contribution in [0.25, 0.3) is 0 Å². The molecule has 3 heterocycles. The molecule has 1 aromatic rings. The van der Waals surface area contributed by atoms with Gasteiger partial charge in [-0.25, -0.2) is 4.90 Å². The van der Waals surface area contributed by atoms with Crippen LogP contribution in [0.4, 0.5) is 5.69 Å². The van der Waals surface area contributed by atoms with Gasteiger partial charge in [-0.3, -0.25) is 19.2 Å². The number of para-hydroxylation sites is 1. The fourth-order valence-corrected chi connectivity index (χ4v) is 4.27. The molecule has 3 aliphatic rings. The Balaban J connectivity index is 1.77. The van der Waals surface area contributed by atoms with Crippen molar-refractivity contribution in [2.24, 2.45) is 11.8 Å². The van der Waals surface area contributed by atoms with Crippen LogP contribution in [-0.2, 0) is 33.4 Å². The number of amides is 2. The van der Waals surface area contributed by atoms with Gasteiger partial charge in [-0.05, 0) is 24.6 Å². The molecule has 0 spiro atoms. The average molecular weight is 385 g/mol. The SMILES string of the molecule is CC(=O)OC(OC(C)=O)[C@@]12C=C[C@@H](O1)[C@H]1C(=O)N(c3ccccc3C)C(=O)[C@@H]12. The fourth-order valence-electron chi connectivity index (χ4n) is 4.27. The maximum atomic E-state index is 13.3. The van der Waals surface area contributed by atoms with E-state index in [2.05, 4.69) is 0 Å². The van der Waals surface area contributed by atoms with E-state index in [1.165, 1.54) is 0 Å². The molecule has 3 aliphatic heterocycles. The van der Waals surface area contributed by atoms with Gasteiger partial charge in [-0.15, -0.1) is 0 Å². The van der Waals surface area contributed by atoms with E-state index in [4.69, 9.17) is 14.2 Å². The summed E-state index contributed by atoms with van der Waals surface area (Å²) in [6, 6.07) is 7.07. The molecule has 2 saturated heterocycles. The highest BCUT2D eigenvalue weighted by atomic mass is 16.7. The molecular weight excluding hydrogens is 366 g/mol. The molecule has 8 nitrogen and oxygen atoms in total. The Labute approximate surface area is 161 Å². The predicted molar refractivity (Wildman–Crippen MR) is 94.7 cm³/mol. The van der Waals surface area contributed by atoms with E-state index in [-0.39, 0.29) is 5.91 Å². The number of nitrogens with zero attached hydrogens (tertiary/aromatic N) is 1. The number of ether oxygens (including phenoxy) is 3. The molecule has 1 aromatic carbocycles. The Morgan fingerprint density at radius 2 is 1.75 bits per heavy atom. The van der Waals surface area contributed by atoms with Crippen LogP contribution >= 0.6 is 0 Å². The first kappa shape index (κ1) is 18.4. The first-order valence-electron chi connectivity index (χ1n) is 8.91. The number of fused-ring (bicyclic) bond motifs is 5. The summed E-state index contributed by atoms with van der Waals surface area (Å²) >= 11 is 0. The van der Waals surface area contributed by atoms with Crippen molar-refractivity contribution in [3.05, 3.63) is 42.0 Å². The molecule has 28 heavy (non-hydrogen) atoms. The summed E-state index contributed by atoms with van der Waals surface area (Å²) in [4.78, 5) is 50.8. The number of esters is 2. The highest BCUT2D eigenvalue weighted by Gasteiger charge is 2.72. The van der Waals surface area contributed by atoms with Crippen LogP contribution in [0.3, 0.4) is 0 Å². The van der Waals surface area contributed by atoms with Gasteiger partial charge in [-0.2, -0.15) is 0 Å². The van der Waals surface area contributed by atoms with Gasteiger partial charge < -0.3 is 14.2 Å². The zero-order valence-corrected chi connectivity index (χ0v) is 15.6. The number of imide groups is 1. The average Bonchev–Trinajstić information content (AvgIpc) is 3.26. The van der Waals surface area contributed by atoms with E-state index in [9.17, 15) is 19.2 Å². The van der Waals surface area contributed by atoms with Crippen molar-refractivity contribution in [2.75, 3.05) is 4.90 Å². The lowest BCUT2D eigenvalue weighted by atomic mass is 9.76. The molecule has 146 valence electrons. The van der Waals surface area contributed by atoms with E-state index >= 15 is 0 Å². The quantitative estimate of drug-likeness (QED) is 0.333. The van der Waals surface area contributed by atoms with Crippen molar-refractivity contribution < 1.29 is 33.4 Å². The Hall–Kier alpha value is -3.00. The number of rotatable bonds is 4. The maximum absolute atomic E-state index is 13.3. The number of aryl methyl sites for hydroxylation is 1. The van der Waals surface area contributed by atoms with Crippen molar-refractivity contribution in [1.29, 1.82) is 0 Å². The minimum absolute atomic E-state index is 0.384. The van der Waals surface area contributed by atoms with E-state index in [1.807, 2.05) is 19.1 Å². The highest BCUT2D eigenvalue weighted by Crippen LogP contribution is 2.54. The molecule has 2 bridgehead atoms. The third kappa shape index (κ3) is 2.48. The van der Waals surface area contributed by atoms with Crippen LogP contribution in [0, 0.1) is 18.8 Å². The number of hydrogen-bond donors (Lipinski definition) is 0. The number of carbonyl (C=O) groups excluding carboxylic acids is 4. The van der Waals surface area contributed by atoms with Crippen molar-refractivity contribution in [1.82, 2.24) is 0 Å². The molecule has 2 fully saturated rings. The number of hydrogen-bond acceptors (Lipinski definition) is 7. The smallest absolute Gasteiger partial charge is 0.305 e. The van der Waals surface area contributed by atoms with E-state index < -0.39 is 47.7 Å². The zero-order valence-electron chi connectivity index (χ0n) is 15.6. The molecule has 2 amide bonds. The Bertz CT molecular complexity index is 907. The fraction of sp³-hybridized carbons (Fsp3) is 0.400. The number of anilines is 1. The Morgan fingerprint density at radius 3 is 2.36 bits per heavy atom. The maximum Gasteiger partial charge on any atom is 0.305 e.